The first-order valence-electron chi connectivity index (χ1n) is 10.3. The summed E-state index contributed by atoms with van der Waals surface area (Å²) in [5, 5.41) is 12.2. The molecule has 0 radical (unpaired) electrons. The topological polar surface area (TPSA) is 85.4 Å². The second-order valence-electron chi connectivity index (χ2n) is 8.14. The molecule has 3 aliphatic rings. The van der Waals surface area contributed by atoms with E-state index < -0.39 is 5.97 Å². The van der Waals surface area contributed by atoms with Crippen molar-refractivity contribution in [3.8, 4) is 0 Å². The third-order valence-corrected chi connectivity index (χ3v) is 6.34. The van der Waals surface area contributed by atoms with Gasteiger partial charge in [0.15, 0.2) is 0 Å². The molecule has 8 heteroatoms. The Morgan fingerprint density at radius 2 is 1.93 bits per heavy atom. The molecule has 8 nitrogen and oxygen atoms in total. The number of carbonyl (C=O) groups is 2. The third-order valence-electron chi connectivity index (χ3n) is 6.34. The predicted octanol–water partition coefficient (Wildman–Crippen LogP) is 0.819. The lowest BCUT2D eigenvalue weighted by molar-refractivity contribution is -0.139. The maximum Gasteiger partial charge on any atom is 0.318 e. The molecule has 2 amide bonds. The predicted molar refractivity (Wildman–Crippen MR) is 102 cm³/mol. The van der Waals surface area contributed by atoms with E-state index in [-0.39, 0.29) is 36.8 Å². The van der Waals surface area contributed by atoms with E-state index in [1.807, 2.05) is 16.7 Å². The summed E-state index contributed by atoms with van der Waals surface area (Å²) < 4.78 is 5.53. The van der Waals surface area contributed by atoms with Crippen LogP contribution in [0.15, 0.2) is 0 Å². The van der Waals surface area contributed by atoms with E-state index in [9.17, 15) is 9.59 Å². The van der Waals surface area contributed by atoms with Crippen LogP contribution in [0.3, 0.4) is 0 Å². The summed E-state index contributed by atoms with van der Waals surface area (Å²) in [6.45, 7) is 6.61. The first-order chi connectivity index (χ1) is 13.0. The van der Waals surface area contributed by atoms with Crippen LogP contribution in [0.5, 0.6) is 0 Å². The largest absolute Gasteiger partial charge is 0.480 e. The summed E-state index contributed by atoms with van der Waals surface area (Å²) in [6.07, 6.45) is 5.16. The number of nitrogens with one attached hydrogen (secondary N) is 1. The summed E-state index contributed by atoms with van der Waals surface area (Å²) >= 11 is 0. The molecule has 3 rings (SSSR count). The van der Waals surface area contributed by atoms with Crippen LogP contribution in [0.2, 0.25) is 0 Å². The van der Waals surface area contributed by atoms with Crippen LogP contribution in [0.25, 0.3) is 0 Å². The number of likely N-dealkylation sites (N-methyl/N-ethyl adjacent to an activating group) is 1. The quantitative estimate of drug-likeness (QED) is 0.647. The molecule has 2 atom stereocenters. The lowest BCUT2D eigenvalue weighted by atomic mass is 9.85. The maximum absolute atomic E-state index is 12.9. The fraction of sp³-hybridized carbons (Fsp3) is 0.895. The molecule has 2 saturated heterocycles. The number of hydrogen-bond acceptors (Lipinski definition) is 5. The van der Waals surface area contributed by atoms with Crippen molar-refractivity contribution in [1.29, 1.82) is 0 Å². The fourth-order valence-corrected chi connectivity index (χ4v) is 4.66. The Morgan fingerprint density at radius 3 is 2.52 bits per heavy atom. The molecule has 0 aromatic carbocycles. The zero-order valence-corrected chi connectivity index (χ0v) is 16.6. The number of aliphatic carboxylic acids is 1. The Hall–Kier alpha value is -1.38. The van der Waals surface area contributed by atoms with Gasteiger partial charge in [-0.1, -0.05) is 6.92 Å². The average Bonchev–Trinajstić information content (AvgIpc) is 3.25. The number of carboxylic acid groups (broad SMARTS) is 1. The van der Waals surface area contributed by atoms with Crippen molar-refractivity contribution in [3.05, 3.63) is 0 Å². The van der Waals surface area contributed by atoms with E-state index >= 15 is 0 Å². The molecule has 0 aromatic heterocycles. The highest BCUT2D eigenvalue weighted by atomic mass is 16.5. The number of amides is 2. The summed E-state index contributed by atoms with van der Waals surface area (Å²) in [6, 6.07) is 0.605. The first kappa shape index (κ1) is 20.4. The van der Waals surface area contributed by atoms with Crippen molar-refractivity contribution in [2.45, 2.75) is 63.3 Å². The smallest absolute Gasteiger partial charge is 0.318 e. The number of carbonyl (C=O) groups excluding carboxylic acids is 1. The van der Waals surface area contributed by atoms with Crippen LogP contribution in [-0.4, -0.2) is 102 Å². The Labute approximate surface area is 161 Å². The molecule has 1 saturated carbocycles. The van der Waals surface area contributed by atoms with E-state index in [0.717, 1.165) is 45.4 Å². The molecule has 27 heavy (non-hydrogen) atoms. The van der Waals surface area contributed by atoms with Gasteiger partial charge in [-0.25, -0.2) is 4.79 Å². The second kappa shape index (κ2) is 9.21. The van der Waals surface area contributed by atoms with Crippen molar-refractivity contribution in [3.63, 3.8) is 0 Å². The van der Waals surface area contributed by atoms with Crippen LogP contribution in [0.4, 0.5) is 4.79 Å². The first-order valence-corrected chi connectivity index (χ1v) is 10.3. The number of urea groups is 1. The molecule has 3 fully saturated rings. The summed E-state index contributed by atoms with van der Waals surface area (Å²) in [5.41, 5.74) is 0. The van der Waals surface area contributed by atoms with Crippen molar-refractivity contribution in [1.82, 2.24) is 20.0 Å². The number of likely N-dealkylation sites (tertiary alicyclic amines) is 2. The van der Waals surface area contributed by atoms with E-state index in [2.05, 4.69) is 10.2 Å². The van der Waals surface area contributed by atoms with Crippen LogP contribution < -0.4 is 5.32 Å². The van der Waals surface area contributed by atoms with Gasteiger partial charge in [0.2, 0.25) is 0 Å². The molecule has 2 N–H and O–H groups in total. The summed E-state index contributed by atoms with van der Waals surface area (Å²) in [7, 11) is 1.72. The van der Waals surface area contributed by atoms with Gasteiger partial charge in [-0.2, -0.15) is 0 Å². The zero-order chi connectivity index (χ0) is 19.4. The van der Waals surface area contributed by atoms with E-state index in [1.54, 1.807) is 7.11 Å². The molecular formula is C19H34N4O4. The molecule has 0 aromatic rings. The molecule has 0 bridgehead atoms. The van der Waals surface area contributed by atoms with Crippen LogP contribution in [0, 0.1) is 0 Å². The lowest BCUT2D eigenvalue weighted by Gasteiger charge is -2.43. The highest BCUT2D eigenvalue weighted by molar-refractivity contribution is 5.75. The van der Waals surface area contributed by atoms with Gasteiger partial charge in [-0.3, -0.25) is 9.69 Å². The SMILES string of the molecule is CCN(CC(=O)O)C1CC(NC(=O)N2C[C@@H](OC)C[C@H]2CN2CCCC2)C1. The van der Waals surface area contributed by atoms with Crippen LogP contribution in [-0.2, 0) is 9.53 Å². The summed E-state index contributed by atoms with van der Waals surface area (Å²) in [5.74, 6) is -0.795. The number of ether oxygens (including phenoxy) is 1. The third kappa shape index (κ3) is 5.12. The monoisotopic (exact) mass is 382 g/mol. The molecule has 2 aliphatic heterocycles. The minimum Gasteiger partial charge on any atom is -0.480 e. The minimum absolute atomic E-state index is 0.00322. The highest BCUT2D eigenvalue weighted by Crippen LogP contribution is 2.27. The normalized spacial score (nSPS) is 31.3. The zero-order valence-electron chi connectivity index (χ0n) is 16.6. The Balaban J connectivity index is 1.48. The van der Waals surface area contributed by atoms with Crippen LogP contribution >= 0.6 is 0 Å². The van der Waals surface area contributed by atoms with E-state index in [0.29, 0.717) is 6.54 Å². The van der Waals surface area contributed by atoms with Crippen molar-refractivity contribution in [2.24, 2.45) is 0 Å². The number of methoxy groups -OCH3 is 1. The van der Waals surface area contributed by atoms with Gasteiger partial charge in [0.05, 0.1) is 12.6 Å². The van der Waals surface area contributed by atoms with Crippen molar-refractivity contribution < 1.29 is 19.4 Å². The molecule has 2 heterocycles. The molecule has 1 aliphatic carbocycles. The second-order valence-corrected chi connectivity index (χ2v) is 8.14. The van der Waals surface area contributed by atoms with Gasteiger partial charge in [-0.15, -0.1) is 0 Å². The Morgan fingerprint density at radius 1 is 1.22 bits per heavy atom. The average molecular weight is 383 g/mol. The van der Waals surface area contributed by atoms with Gasteiger partial charge >= 0.3 is 12.0 Å². The van der Waals surface area contributed by atoms with Crippen molar-refractivity contribution >= 4 is 12.0 Å². The van der Waals surface area contributed by atoms with Gasteiger partial charge in [0, 0.05) is 38.3 Å². The number of carboxylic acids is 1. The van der Waals surface area contributed by atoms with Gasteiger partial charge in [0.25, 0.3) is 0 Å². The van der Waals surface area contributed by atoms with Gasteiger partial charge in [0.1, 0.15) is 0 Å². The lowest BCUT2D eigenvalue weighted by Crippen LogP contribution is -2.57. The molecule has 154 valence electrons. The molecule has 0 unspecified atom stereocenters. The number of hydrogen-bond donors (Lipinski definition) is 2. The van der Waals surface area contributed by atoms with Crippen molar-refractivity contribution in [2.75, 3.05) is 46.4 Å². The minimum atomic E-state index is -0.795. The molecular weight excluding hydrogens is 348 g/mol. The maximum atomic E-state index is 12.9. The summed E-state index contributed by atoms with van der Waals surface area (Å²) in [4.78, 5) is 30.2. The highest BCUT2D eigenvalue weighted by Gasteiger charge is 2.40. The van der Waals surface area contributed by atoms with Gasteiger partial charge < -0.3 is 25.0 Å². The fourth-order valence-electron chi connectivity index (χ4n) is 4.66. The van der Waals surface area contributed by atoms with E-state index in [4.69, 9.17) is 9.84 Å². The van der Waals surface area contributed by atoms with Crippen LogP contribution in [0.1, 0.15) is 39.0 Å². The van der Waals surface area contributed by atoms with E-state index in [1.165, 1.54) is 12.8 Å². The van der Waals surface area contributed by atoms with Gasteiger partial charge in [-0.05, 0) is 51.7 Å². The Bertz CT molecular complexity index is 520. The number of rotatable bonds is 8. The number of nitrogens with zero attached hydrogens (tertiary/aromatic N) is 3. The molecule has 0 spiro atoms. The standard InChI is InChI=1S/C19H34N4O4/c1-3-22(13-18(24)25)15-8-14(9-15)20-19(26)23-12-17(27-2)10-16(23)11-21-6-4-5-7-21/h14-17H,3-13H2,1-2H3,(H,20,26)(H,24,25)/t14?,15?,16-,17-/m0/s1. The Kier molecular flexibility index (Phi) is 6.94.